The molecular formula is C16H25ClN2O. The van der Waals surface area contributed by atoms with Crippen molar-refractivity contribution in [2.45, 2.75) is 57.5 Å². The van der Waals surface area contributed by atoms with Crippen LogP contribution in [0, 0.1) is 6.92 Å². The van der Waals surface area contributed by atoms with Crippen molar-refractivity contribution in [2.75, 3.05) is 0 Å². The molecule has 112 valence electrons. The van der Waals surface area contributed by atoms with E-state index in [1.54, 1.807) is 0 Å². The van der Waals surface area contributed by atoms with E-state index in [1.165, 1.54) is 12.0 Å². The zero-order chi connectivity index (χ0) is 13.9. The molecule has 0 bridgehead atoms. The van der Waals surface area contributed by atoms with Crippen LogP contribution in [0.4, 0.5) is 0 Å². The highest BCUT2D eigenvalue weighted by molar-refractivity contribution is 5.86. The highest BCUT2D eigenvalue weighted by Gasteiger charge is 2.35. The Hall–Kier alpha value is -1.06. The smallest absolute Gasteiger partial charge is 0.240 e. The molecule has 0 aliphatic heterocycles. The molecule has 0 radical (unpaired) electrons. The lowest BCUT2D eigenvalue weighted by Crippen LogP contribution is -2.55. The van der Waals surface area contributed by atoms with E-state index in [1.807, 2.05) is 19.1 Å². The second-order valence-corrected chi connectivity index (χ2v) is 5.77. The normalized spacial score (nSPS) is 18.8. The van der Waals surface area contributed by atoms with Gasteiger partial charge in [-0.3, -0.25) is 4.79 Å². The van der Waals surface area contributed by atoms with E-state index in [0.717, 1.165) is 31.2 Å². The summed E-state index contributed by atoms with van der Waals surface area (Å²) in [5, 5.41) is 3.08. The molecule has 4 heteroatoms. The number of benzene rings is 1. The number of nitrogens with one attached hydrogen (secondary N) is 1. The van der Waals surface area contributed by atoms with Gasteiger partial charge in [0.15, 0.2) is 0 Å². The van der Waals surface area contributed by atoms with Gasteiger partial charge in [0.25, 0.3) is 0 Å². The summed E-state index contributed by atoms with van der Waals surface area (Å²) in [5.74, 6) is 0.00273. The number of nitrogens with two attached hydrogens (primary N) is 1. The van der Waals surface area contributed by atoms with Gasteiger partial charge in [0, 0.05) is 0 Å². The van der Waals surface area contributed by atoms with Crippen molar-refractivity contribution < 1.29 is 4.79 Å². The van der Waals surface area contributed by atoms with E-state index in [9.17, 15) is 4.79 Å². The third-order valence-corrected chi connectivity index (χ3v) is 4.20. The van der Waals surface area contributed by atoms with Crippen molar-refractivity contribution in [3.63, 3.8) is 0 Å². The molecule has 1 atom stereocenters. The summed E-state index contributed by atoms with van der Waals surface area (Å²) >= 11 is 0. The van der Waals surface area contributed by atoms with Crippen molar-refractivity contribution in [1.82, 2.24) is 5.32 Å². The molecule has 2 rings (SSSR count). The number of rotatable bonds is 3. The molecule has 20 heavy (non-hydrogen) atoms. The molecule has 3 nitrogen and oxygen atoms in total. The Balaban J connectivity index is 0.00000200. The Morgan fingerprint density at radius 3 is 2.45 bits per heavy atom. The fourth-order valence-electron chi connectivity index (χ4n) is 2.90. The highest BCUT2D eigenvalue weighted by Crippen LogP contribution is 2.27. The van der Waals surface area contributed by atoms with Crippen molar-refractivity contribution in [3.8, 4) is 0 Å². The van der Waals surface area contributed by atoms with Gasteiger partial charge in [-0.25, -0.2) is 0 Å². The molecule has 0 spiro atoms. The average molecular weight is 297 g/mol. The van der Waals surface area contributed by atoms with Crippen LogP contribution in [0.25, 0.3) is 0 Å². The minimum atomic E-state index is -0.658. The molecular weight excluding hydrogens is 272 g/mol. The number of hydrogen-bond acceptors (Lipinski definition) is 2. The van der Waals surface area contributed by atoms with Gasteiger partial charge < -0.3 is 11.1 Å². The lowest BCUT2D eigenvalue weighted by atomic mass is 9.81. The van der Waals surface area contributed by atoms with E-state index in [0.29, 0.717) is 0 Å². The summed E-state index contributed by atoms with van der Waals surface area (Å²) in [6.07, 6.45) is 4.92. The largest absolute Gasteiger partial charge is 0.348 e. The summed E-state index contributed by atoms with van der Waals surface area (Å²) < 4.78 is 0. The predicted octanol–water partition coefficient (Wildman–Crippen LogP) is 3.26. The second-order valence-electron chi connectivity index (χ2n) is 5.77. The molecule has 1 unspecified atom stereocenters. The molecule has 1 saturated carbocycles. The Kier molecular flexibility index (Phi) is 6.03. The number of carbonyl (C=O) groups excluding carboxylic acids is 1. The first-order valence-electron chi connectivity index (χ1n) is 7.18. The molecule has 1 aliphatic carbocycles. The van der Waals surface area contributed by atoms with Gasteiger partial charge in [0.1, 0.15) is 0 Å². The van der Waals surface area contributed by atoms with Crippen LogP contribution in [-0.4, -0.2) is 11.4 Å². The van der Waals surface area contributed by atoms with Gasteiger partial charge in [0.05, 0.1) is 11.6 Å². The molecule has 1 aromatic rings. The van der Waals surface area contributed by atoms with Crippen LogP contribution < -0.4 is 11.1 Å². The van der Waals surface area contributed by atoms with Crippen molar-refractivity contribution in [1.29, 1.82) is 0 Å². The third-order valence-electron chi connectivity index (χ3n) is 4.20. The van der Waals surface area contributed by atoms with E-state index in [2.05, 4.69) is 24.4 Å². The van der Waals surface area contributed by atoms with Crippen molar-refractivity contribution >= 4 is 18.3 Å². The lowest BCUT2D eigenvalue weighted by Gasteiger charge is -2.33. The monoisotopic (exact) mass is 296 g/mol. The summed E-state index contributed by atoms with van der Waals surface area (Å²) in [5.41, 5.74) is 7.96. The van der Waals surface area contributed by atoms with E-state index in [4.69, 9.17) is 5.73 Å². The fraction of sp³-hybridized carbons (Fsp3) is 0.562. The van der Waals surface area contributed by atoms with E-state index >= 15 is 0 Å². The Morgan fingerprint density at radius 1 is 1.25 bits per heavy atom. The summed E-state index contributed by atoms with van der Waals surface area (Å²) in [6, 6.07) is 8.15. The summed E-state index contributed by atoms with van der Waals surface area (Å²) in [7, 11) is 0. The van der Waals surface area contributed by atoms with E-state index in [-0.39, 0.29) is 24.4 Å². The minimum absolute atomic E-state index is 0. The SMILES string of the molecule is Cc1ccccc1C(C)NC(=O)C1(N)CCCCC1.Cl. The molecule has 1 aromatic carbocycles. The van der Waals surface area contributed by atoms with Gasteiger partial charge in [-0.1, -0.05) is 43.5 Å². The Bertz CT molecular complexity index is 456. The number of halogens is 1. The zero-order valence-corrected chi connectivity index (χ0v) is 13.1. The topological polar surface area (TPSA) is 55.1 Å². The quantitative estimate of drug-likeness (QED) is 0.899. The highest BCUT2D eigenvalue weighted by atomic mass is 35.5. The molecule has 1 amide bonds. The maximum absolute atomic E-state index is 12.4. The van der Waals surface area contributed by atoms with Crippen LogP contribution in [0.1, 0.15) is 56.2 Å². The van der Waals surface area contributed by atoms with Gasteiger partial charge in [0.2, 0.25) is 5.91 Å². The van der Waals surface area contributed by atoms with Crippen LogP contribution in [0.2, 0.25) is 0 Å². The second kappa shape index (κ2) is 7.09. The van der Waals surface area contributed by atoms with Gasteiger partial charge in [-0.05, 0) is 37.8 Å². The first kappa shape index (κ1) is 17.0. The van der Waals surface area contributed by atoms with Crippen molar-refractivity contribution in [3.05, 3.63) is 35.4 Å². The van der Waals surface area contributed by atoms with Crippen LogP contribution in [0.3, 0.4) is 0 Å². The number of hydrogen-bond donors (Lipinski definition) is 2. The standard InChI is InChI=1S/C16H24N2O.ClH/c1-12-8-4-5-9-14(12)13(2)18-15(19)16(17)10-6-3-7-11-16;/h4-5,8-9,13H,3,6-7,10-11,17H2,1-2H3,(H,18,19);1H. The Labute approximate surface area is 127 Å². The molecule has 0 heterocycles. The van der Waals surface area contributed by atoms with Gasteiger partial charge >= 0.3 is 0 Å². The van der Waals surface area contributed by atoms with Crippen LogP contribution in [0.15, 0.2) is 24.3 Å². The Morgan fingerprint density at radius 2 is 1.85 bits per heavy atom. The maximum atomic E-state index is 12.4. The molecule has 0 aromatic heterocycles. The van der Waals surface area contributed by atoms with Crippen LogP contribution in [0.5, 0.6) is 0 Å². The molecule has 3 N–H and O–H groups in total. The lowest BCUT2D eigenvalue weighted by molar-refractivity contribution is -0.128. The fourth-order valence-corrected chi connectivity index (χ4v) is 2.90. The van der Waals surface area contributed by atoms with Gasteiger partial charge in [-0.15, -0.1) is 12.4 Å². The predicted molar refractivity (Wildman–Crippen MR) is 85.0 cm³/mol. The van der Waals surface area contributed by atoms with Crippen LogP contribution in [-0.2, 0) is 4.79 Å². The summed E-state index contributed by atoms with van der Waals surface area (Å²) in [4.78, 5) is 12.4. The first-order valence-corrected chi connectivity index (χ1v) is 7.18. The first-order chi connectivity index (χ1) is 9.03. The average Bonchev–Trinajstić information content (AvgIpc) is 2.40. The molecule has 1 fully saturated rings. The zero-order valence-electron chi connectivity index (χ0n) is 12.3. The number of amides is 1. The van der Waals surface area contributed by atoms with Crippen LogP contribution >= 0.6 is 12.4 Å². The minimum Gasteiger partial charge on any atom is -0.348 e. The molecule has 0 saturated heterocycles. The van der Waals surface area contributed by atoms with Gasteiger partial charge in [-0.2, -0.15) is 0 Å². The maximum Gasteiger partial charge on any atom is 0.240 e. The number of aryl methyl sites for hydroxylation is 1. The van der Waals surface area contributed by atoms with Crippen molar-refractivity contribution in [2.24, 2.45) is 5.73 Å². The number of carbonyl (C=O) groups is 1. The molecule has 1 aliphatic rings. The summed E-state index contributed by atoms with van der Waals surface area (Å²) in [6.45, 7) is 4.09. The van der Waals surface area contributed by atoms with E-state index < -0.39 is 5.54 Å². The third kappa shape index (κ3) is 3.74.